The number of fused-ring (bicyclic) bond motifs is 1. The van der Waals surface area contributed by atoms with Gasteiger partial charge in [-0.05, 0) is 41.1 Å². The molecule has 0 fully saturated rings. The summed E-state index contributed by atoms with van der Waals surface area (Å²) in [5.74, 6) is -0.0677. The molecule has 20 heavy (non-hydrogen) atoms. The third kappa shape index (κ3) is 2.10. The smallest absolute Gasteiger partial charge is 0.262 e. The molecule has 1 aliphatic heterocycles. The molecule has 1 atom stereocenters. The fourth-order valence-corrected chi connectivity index (χ4v) is 2.96. The number of amides is 1. The van der Waals surface area contributed by atoms with Crippen molar-refractivity contribution in [3.8, 4) is 0 Å². The van der Waals surface area contributed by atoms with Crippen molar-refractivity contribution in [1.29, 1.82) is 0 Å². The Labute approximate surface area is 124 Å². The lowest BCUT2D eigenvalue weighted by atomic mass is 10.1. The zero-order valence-corrected chi connectivity index (χ0v) is 12.6. The summed E-state index contributed by atoms with van der Waals surface area (Å²) in [6.07, 6.45) is 3.50. The summed E-state index contributed by atoms with van der Waals surface area (Å²) < 4.78 is 2.54. The van der Waals surface area contributed by atoms with E-state index in [2.05, 4.69) is 25.5 Å². The molecule has 0 bridgehead atoms. The monoisotopic (exact) mass is 335 g/mol. The van der Waals surface area contributed by atoms with Gasteiger partial charge in [0.2, 0.25) is 0 Å². The molecule has 1 aliphatic rings. The molecule has 2 aromatic rings. The van der Waals surface area contributed by atoms with Crippen LogP contribution in [0.2, 0.25) is 0 Å². The molecule has 0 aliphatic carbocycles. The van der Waals surface area contributed by atoms with Crippen LogP contribution >= 0.6 is 15.9 Å². The van der Waals surface area contributed by atoms with Crippen LogP contribution in [0.3, 0.4) is 0 Å². The van der Waals surface area contributed by atoms with Crippen molar-refractivity contribution in [2.24, 2.45) is 0 Å². The molecule has 104 valence electrons. The first-order valence-electron chi connectivity index (χ1n) is 6.42. The Balaban J connectivity index is 1.92. The summed E-state index contributed by atoms with van der Waals surface area (Å²) in [5.41, 5.74) is 1.39. The maximum Gasteiger partial charge on any atom is 0.262 e. The Morgan fingerprint density at radius 3 is 3.00 bits per heavy atom. The third-order valence-corrected chi connectivity index (χ3v) is 4.30. The molecule has 2 aromatic heterocycles. The van der Waals surface area contributed by atoms with Gasteiger partial charge in [-0.15, -0.1) is 0 Å². The van der Waals surface area contributed by atoms with Gasteiger partial charge in [0.25, 0.3) is 11.5 Å². The lowest BCUT2D eigenvalue weighted by Crippen LogP contribution is -2.40. The van der Waals surface area contributed by atoms with E-state index in [0.29, 0.717) is 16.6 Å². The third-order valence-electron chi connectivity index (χ3n) is 3.71. The number of rotatable bonds is 1. The van der Waals surface area contributed by atoms with E-state index in [1.165, 1.54) is 6.20 Å². The van der Waals surface area contributed by atoms with E-state index < -0.39 is 0 Å². The first-order valence-corrected chi connectivity index (χ1v) is 7.21. The van der Waals surface area contributed by atoms with Gasteiger partial charge >= 0.3 is 0 Å². The normalized spacial score (nSPS) is 17.9. The van der Waals surface area contributed by atoms with E-state index in [-0.39, 0.29) is 17.5 Å². The van der Waals surface area contributed by atoms with Gasteiger partial charge in [0.15, 0.2) is 0 Å². The van der Waals surface area contributed by atoms with Crippen LogP contribution in [0.15, 0.2) is 39.9 Å². The molecule has 5 nitrogen and oxygen atoms in total. The summed E-state index contributed by atoms with van der Waals surface area (Å²) in [4.78, 5) is 28.3. The van der Waals surface area contributed by atoms with Crippen LogP contribution in [-0.4, -0.2) is 26.9 Å². The molecule has 0 saturated heterocycles. The van der Waals surface area contributed by atoms with Crippen molar-refractivity contribution in [2.75, 3.05) is 6.54 Å². The van der Waals surface area contributed by atoms with Gasteiger partial charge < -0.3 is 14.5 Å². The van der Waals surface area contributed by atoms with Crippen LogP contribution in [0.5, 0.6) is 0 Å². The molecule has 1 amide bonds. The quantitative estimate of drug-likeness (QED) is 0.868. The zero-order chi connectivity index (χ0) is 14.3. The van der Waals surface area contributed by atoms with Gasteiger partial charge in [-0.3, -0.25) is 9.59 Å². The summed E-state index contributed by atoms with van der Waals surface area (Å²) in [6.45, 7) is 3.48. The van der Waals surface area contributed by atoms with Crippen LogP contribution in [0.1, 0.15) is 29.0 Å². The summed E-state index contributed by atoms with van der Waals surface area (Å²) in [6, 6.07) is 5.63. The highest BCUT2D eigenvalue weighted by molar-refractivity contribution is 9.10. The van der Waals surface area contributed by atoms with Gasteiger partial charge in [-0.25, -0.2) is 0 Å². The predicted molar refractivity (Wildman–Crippen MR) is 78.6 cm³/mol. The minimum absolute atomic E-state index is 0.0250. The predicted octanol–water partition coefficient (Wildman–Crippen LogP) is 2.16. The molecular formula is C14H14BrN3O2. The maximum atomic E-state index is 12.6. The molecule has 0 radical (unpaired) electrons. The van der Waals surface area contributed by atoms with Crippen molar-refractivity contribution in [1.82, 2.24) is 14.5 Å². The highest BCUT2D eigenvalue weighted by atomic mass is 79.9. The number of hydrogen-bond donors (Lipinski definition) is 1. The number of carbonyl (C=O) groups is 1. The number of pyridine rings is 1. The molecule has 0 spiro atoms. The van der Waals surface area contributed by atoms with Crippen molar-refractivity contribution in [2.45, 2.75) is 19.5 Å². The highest BCUT2D eigenvalue weighted by Gasteiger charge is 2.28. The number of nitrogens with zero attached hydrogens (tertiary/aromatic N) is 2. The number of nitrogens with one attached hydrogen (secondary N) is 1. The standard InChI is InChI=1S/C14H14BrN3O2/c1-9-12-3-2-4-17(12)5-6-18(9)14(20)10-7-11(15)13(19)16-8-10/h2-4,7-9H,5-6H2,1H3,(H,16,19)/t9-/m1/s1. The molecule has 6 heteroatoms. The number of aromatic amines is 1. The first kappa shape index (κ1) is 13.2. The van der Waals surface area contributed by atoms with Crippen LogP contribution in [0, 0.1) is 0 Å². The van der Waals surface area contributed by atoms with E-state index in [0.717, 1.165) is 12.2 Å². The topological polar surface area (TPSA) is 58.1 Å². The molecule has 3 rings (SSSR count). The van der Waals surface area contributed by atoms with Crippen LogP contribution in [0.4, 0.5) is 0 Å². The van der Waals surface area contributed by atoms with Gasteiger partial charge in [-0.2, -0.15) is 0 Å². The second-order valence-electron chi connectivity index (χ2n) is 4.87. The number of aromatic nitrogens is 2. The van der Waals surface area contributed by atoms with Crippen LogP contribution < -0.4 is 5.56 Å². The zero-order valence-electron chi connectivity index (χ0n) is 11.0. The number of hydrogen-bond acceptors (Lipinski definition) is 2. The number of H-pyrrole nitrogens is 1. The largest absolute Gasteiger partial charge is 0.348 e. The van der Waals surface area contributed by atoms with Gasteiger partial charge in [0.05, 0.1) is 16.1 Å². The summed E-state index contributed by atoms with van der Waals surface area (Å²) in [5, 5.41) is 0. The van der Waals surface area contributed by atoms with Crippen molar-refractivity contribution in [3.63, 3.8) is 0 Å². The fourth-order valence-electron chi connectivity index (χ4n) is 2.60. The fraction of sp³-hybridized carbons (Fsp3) is 0.286. The molecule has 1 N–H and O–H groups in total. The van der Waals surface area contributed by atoms with E-state index in [9.17, 15) is 9.59 Å². The minimum Gasteiger partial charge on any atom is -0.348 e. The van der Waals surface area contributed by atoms with Gasteiger partial charge in [0, 0.05) is 31.2 Å². The summed E-state index contributed by atoms with van der Waals surface area (Å²) >= 11 is 3.15. The molecule has 3 heterocycles. The van der Waals surface area contributed by atoms with Crippen molar-refractivity contribution in [3.05, 3.63) is 56.7 Å². The molecule has 0 aromatic carbocycles. The molecular weight excluding hydrogens is 322 g/mol. The van der Waals surface area contributed by atoms with Crippen LogP contribution in [0.25, 0.3) is 0 Å². The Bertz CT molecular complexity index is 719. The van der Waals surface area contributed by atoms with E-state index in [1.807, 2.05) is 30.2 Å². The van der Waals surface area contributed by atoms with Crippen molar-refractivity contribution >= 4 is 21.8 Å². The Hall–Kier alpha value is -1.82. The van der Waals surface area contributed by atoms with E-state index in [4.69, 9.17) is 0 Å². The van der Waals surface area contributed by atoms with Crippen molar-refractivity contribution < 1.29 is 4.79 Å². The minimum atomic E-state index is -0.234. The Morgan fingerprint density at radius 2 is 2.25 bits per heavy atom. The average molecular weight is 336 g/mol. The SMILES string of the molecule is C[C@@H]1c2cccn2CCN1C(=O)c1c[nH]c(=O)c(Br)c1. The number of halogens is 1. The second kappa shape index (κ2) is 4.94. The first-order chi connectivity index (χ1) is 9.58. The van der Waals surface area contributed by atoms with E-state index in [1.54, 1.807) is 6.07 Å². The maximum absolute atomic E-state index is 12.6. The number of carbonyl (C=O) groups excluding carboxylic acids is 1. The summed E-state index contributed by atoms with van der Waals surface area (Å²) in [7, 11) is 0. The average Bonchev–Trinajstić information content (AvgIpc) is 2.91. The van der Waals surface area contributed by atoms with Crippen LogP contribution in [-0.2, 0) is 6.54 Å². The second-order valence-corrected chi connectivity index (χ2v) is 5.72. The lowest BCUT2D eigenvalue weighted by Gasteiger charge is -2.35. The Morgan fingerprint density at radius 1 is 1.45 bits per heavy atom. The lowest BCUT2D eigenvalue weighted by molar-refractivity contribution is 0.0643. The van der Waals surface area contributed by atoms with E-state index >= 15 is 0 Å². The Kier molecular flexibility index (Phi) is 3.25. The highest BCUT2D eigenvalue weighted by Crippen LogP contribution is 2.26. The molecule has 0 saturated carbocycles. The molecule has 0 unspecified atom stereocenters. The van der Waals surface area contributed by atoms with Gasteiger partial charge in [0.1, 0.15) is 0 Å². The van der Waals surface area contributed by atoms with Gasteiger partial charge in [-0.1, -0.05) is 0 Å².